The Balaban J connectivity index is 3.20. The molecule has 0 atom stereocenters. The molecule has 0 radical (unpaired) electrons. The minimum absolute atomic E-state index is 0.714. The molecule has 0 spiro atoms. The second-order valence-electron chi connectivity index (χ2n) is 2.50. The van der Waals surface area contributed by atoms with Crippen molar-refractivity contribution in [3.8, 4) is 5.75 Å². The van der Waals surface area contributed by atoms with E-state index in [9.17, 15) is 26.7 Å². The van der Waals surface area contributed by atoms with Crippen LogP contribution in [0.15, 0.2) is 0 Å². The van der Waals surface area contributed by atoms with E-state index in [-0.39, 0.29) is 0 Å². The minimum atomic E-state index is -2.36. The summed E-state index contributed by atoms with van der Waals surface area (Å²) in [5.74, 6) is -13.2. The van der Waals surface area contributed by atoms with Crippen LogP contribution in [-0.4, -0.2) is 12.2 Å². The third kappa shape index (κ3) is 2.57. The van der Waals surface area contributed by atoms with Gasteiger partial charge >= 0.3 is 6.16 Å². The van der Waals surface area contributed by atoms with Gasteiger partial charge in [-0.25, -0.2) is 18.0 Å². The zero-order chi connectivity index (χ0) is 13.2. The van der Waals surface area contributed by atoms with Crippen molar-refractivity contribution in [2.24, 2.45) is 0 Å². The number of halogens is 6. The Morgan fingerprint density at radius 3 is 1.76 bits per heavy atom. The van der Waals surface area contributed by atoms with Crippen LogP contribution in [0.1, 0.15) is 0 Å². The molecule has 0 amide bonds. The number of ether oxygens (including phenoxy) is 2. The van der Waals surface area contributed by atoms with Crippen molar-refractivity contribution in [1.29, 1.82) is 0 Å². The van der Waals surface area contributed by atoms with Gasteiger partial charge in [0.25, 0.3) is 0 Å². The average Bonchev–Trinajstić information content (AvgIpc) is 2.30. The van der Waals surface area contributed by atoms with Gasteiger partial charge in [0.05, 0.1) is 0 Å². The lowest BCUT2D eigenvalue weighted by Crippen LogP contribution is -2.14. The molecule has 0 bridgehead atoms. The van der Waals surface area contributed by atoms with Crippen molar-refractivity contribution in [3.63, 3.8) is 0 Å². The van der Waals surface area contributed by atoms with Gasteiger partial charge in [0.2, 0.25) is 34.8 Å². The van der Waals surface area contributed by atoms with Crippen LogP contribution in [0.3, 0.4) is 0 Å². The molecule has 9 heteroatoms. The lowest BCUT2D eigenvalue weighted by atomic mass is 10.3. The Kier molecular flexibility index (Phi) is 4.11. The number of hydrogen-bond donors (Lipinski definition) is 0. The smallest absolute Gasteiger partial charge is 0.418 e. The lowest BCUT2D eigenvalue weighted by Gasteiger charge is -2.07. The monoisotopic (exact) mass is 276 g/mol. The van der Waals surface area contributed by atoms with Crippen LogP contribution in [0.25, 0.3) is 0 Å². The first-order chi connectivity index (χ1) is 7.90. The second-order valence-corrected chi connectivity index (χ2v) is 2.72. The van der Waals surface area contributed by atoms with Gasteiger partial charge in [0.1, 0.15) is 0 Å². The molecule has 0 heterocycles. The summed E-state index contributed by atoms with van der Waals surface area (Å²) in [7, 11) is 0. The topological polar surface area (TPSA) is 35.5 Å². The maximum absolute atomic E-state index is 12.9. The van der Waals surface area contributed by atoms with Crippen LogP contribution in [-0.2, 0) is 4.74 Å². The van der Waals surface area contributed by atoms with Crippen LogP contribution in [0.2, 0.25) is 0 Å². The van der Waals surface area contributed by atoms with Crippen LogP contribution in [0.4, 0.5) is 26.7 Å². The second kappa shape index (κ2) is 5.17. The molecular formula is C8H2ClF5O3. The number of alkyl halides is 1. The lowest BCUT2D eigenvalue weighted by molar-refractivity contribution is 0.110. The molecular weight excluding hydrogens is 275 g/mol. The molecule has 1 rings (SSSR count). The van der Waals surface area contributed by atoms with Crippen LogP contribution >= 0.6 is 11.6 Å². The van der Waals surface area contributed by atoms with Crippen molar-refractivity contribution in [2.75, 3.05) is 6.07 Å². The van der Waals surface area contributed by atoms with Crippen molar-refractivity contribution < 1.29 is 36.2 Å². The molecule has 3 nitrogen and oxygen atoms in total. The molecule has 1 aromatic carbocycles. The van der Waals surface area contributed by atoms with Crippen LogP contribution in [0, 0.1) is 29.1 Å². The molecule has 0 aromatic heterocycles. The molecule has 17 heavy (non-hydrogen) atoms. The van der Waals surface area contributed by atoms with Crippen molar-refractivity contribution >= 4 is 17.8 Å². The Labute approximate surface area is 95.7 Å². The van der Waals surface area contributed by atoms with E-state index in [1.54, 1.807) is 0 Å². The summed E-state index contributed by atoms with van der Waals surface area (Å²) in [6.45, 7) is 0. The molecule has 0 fully saturated rings. The van der Waals surface area contributed by atoms with Gasteiger partial charge in [-0.1, -0.05) is 11.6 Å². The predicted octanol–water partition coefficient (Wildman–Crippen LogP) is 3.09. The summed E-state index contributed by atoms with van der Waals surface area (Å²) < 4.78 is 71.3. The number of rotatable bonds is 2. The van der Waals surface area contributed by atoms with Crippen molar-refractivity contribution in [2.45, 2.75) is 0 Å². The number of carbonyl (C=O) groups excluding carboxylic acids is 1. The minimum Gasteiger partial charge on any atom is -0.418 e. The highest BCUT2D eigenvalue weighted by Gasteiger charge is 2.28. The highest BCUT2D eigenvalue weighted by atomic mass is 35.5. The fraction of sp³-hybridized carbons (Fsp3) is 0.125. The first-order valence-corrected chi connectivity index (χ1v) is 4.35. The van der Waals surface area contributed by atoms with E-state index in [1.807, 2.05) is 0 Å². The number of benzene rings is 1. The predicted molar refractivity (Wildman–Crippen MR) is 44.1 cm³/mol. The highest BCUT2D eigenvalue weighted by molar-refractivity contribution is 6.17. The normalized spacial score (nSPS) is 10.2. The zero-order valence-electron chi connectivity index (χ0n) is 7.70. The van der Waals surface area contributed by atoms with Gasteiger partial charge in [-0.2, -0.15) is 8.78 Å². The average molecular weight is 277 g/mol. The summed E-state index contributed by atoms with van der Waals surface area (Å²) in [4.78, 5) is 10.6. The third-order valence-electron chi connectivity index (χ3n) is 1.53. The first-order valence-electron chi connectivity index (χ1n) is 3.82. The molecule has 1 aromatic rings. The standard InChI is InChI=1S/C8H2ClF5O3/c9-1-16-8(15)17-7-5(13)3(11)2(10)4(12)6(7)14/h1H2. The van der Waals surface area contributed by atoms with E-state index >= 15 is 0 Å². The van der Waals surface area contributed by atoms with Crippen molar-refractivity contribution in [3.05, 3.63) is 29.1 Å². The summed E-state index contributed by atoms with van der Waals surface area (Å²) >= 11 is 4.91. The molecule has 0 N–H and O–H groups in total. The maximum Gasteiger partial charge on any atom is 0.515 e. The molecule has 0 aliphatic carbocycles. The number of hydrogen-bond acceptors (Lipinski definition) is 3. The first kappa shape index (κ1) is 13.5. The zero-order valence-corrected chi connectivity index (χ0v) is 8.46. The fourth-order valence-electron chi connectivity index (χ4n) is 0.832. The van der Waals surface area contributed by atoms with Gasteiger partial charge < -0.3 is 9.47 Å². The third-order valence-corrected chi connectivity index (χ3v) is 1.64. The summed E-state index contributed by atoms with van der Waals surface area (Å²) in [5, 5.41) is 0. The van der Waals surface area contributed by atoms with E-state index in [4.69, 9.17) is 11.6 Å². The van der Waals surface area contributed by atoms with Gasteiger partial charge in [-0.3, -0.25) is 0 Å². The van der Waals surface area contributed by atoms with Gasteiger partial charge in [0.15, 0.2) is 6.07 Å². The summed E-state index contributed by atoms with van der Waals surface area (Å²) in [5.41, 5.74) is 0. The van der Waals surface area contributed by atoms with Crippen LogP contribution in [0.5, 0.6) is 5.75 Å². The highest BCUT2D eigenvalue weighted by Crippen LogP contribution is 2.29. The number of carbonyl (C=O) groups is 1. The molecule has 0 saturated carbocycles. The van der Waals surface area contributed by atoms with Gasteiger partial charge in [-0.05, 0) is 0 Å². The molecule has 0 aliphatic heterocycles. The van der Waals surface area contributed by atoms with E-state index in [0.717, 1.165) is 0 Å². The van der Waals surface area contributed by atoms with E-state index in [0.29, 0.717) is 0 Å². The van der Waals surface area contributed by atoms with Gasteiger partial charge in [-0.15, -0.1) is 0 Å². The Morgan fingerprint density at radius 2 is 1.35 bits per heavy atom. The van der Waals surface area contributed by atoms with Gasteiger partial charge in [0, 0.05) is 0 Å². The van der Waals surface area contributed by atoms with E-state index in [1.165, 1.54) is 0 Å². The molecule has 0 saturated heterocycles. The molecule has 94 valence electrons. The van der Waals surface area contributed by atoms with Crippen molar-refractivity contribution in [1.82, 2.24) is 0 Å². The van der Waals surface area contributed by atoms with Crippen LogP contribution < -0.4 is 4.74 Å². The Bertz CT molecular complexity index is 436. The maximum atomic E-state index is 12.9. The fourth-order valence-corrected chi connectivity index (χ4v) is 0.921. The largest absolute Gasteiger partial charge is 0.515 e. The quantitative estimate of drug-likeness (QED) is 0.208. The Morgan fingerprint density at radius 1 is 0.941 bits per heavy atom. The summed E-state index contributed by atoms with van der Waals surface area (Å²) in [6, 6.07) is -0.714. The summed E-state index contributed by atoms with van der Waals surface area (Å²) in [6.07, 6.45) is -1.71. The van der Waals surface area contributed by atoms with E-state index < -0.39 is 47.1 Å². The van der Waals surface area contributed by atoms with E-state index in [2.05, 4.69) is 9.47 Å². The molecule has 0 unspecified atom stereocenters. The SMILES string of the molecule is O=C(OCCl)Oc1c(F)c(F)c(F)c(F)c1F. The molecule has 0 aliphatic rings. The Hall–Kier alpha value is -1.57.